The predicted octanol–water partition coefficient (Wildman–Crippen LogP) is 7.20. The van der Waals surface area contributed by atoms with Gasteiger partial charge in [0.1, 0.15) is 11.6 Å². The van der Waals surface area contributed by atoms with Crippen molar-refractivity contribution >= 4 is 16.9 Å². The lowest BCUT2D eigenvalue weighted by molar-refractivity contribution is -0.135. The number of para-hydroxylation sites is 2. The zero-order valence-electron chi connectivity index (χ0n) is 26.8. The van der Waals surface area contributed by atoms with Crippen molar-refractivity contribution in [2.75, 3.05) is 26.7 Å². The summed E-state index contributed by atoms with van der Waals surface area (Å²) in [6.45, 7) is 5.00. The fourth-order valence-electron chi connectivity index (χ4n) is 9.37. The van der Waals surface area contributed by atoms with Crippen LogP contribution in [0, 0.1) is 6.92 Å². The molecule has 6 nitrogen and oxygen atoms in total. The van der Waals surface area contributed by atoms with Gasteiger partial charge in [-0.15, -0.1) is 0 Å². The number of piperidine rings is 2. The Labute approximate surface area is 267 Å². The number of hydrogen-bond donors (Lipinski definition) is 0. The Hall–Kier alpha value is -3.64. The van der Waals surface area contributed by atoms with Crippen LogP contribution in [0.1, 0.15) is 80.8 Å². The Morgan fingerprint density at radius 3 is 2.16 bits per heavy atom. The Bertz CT molecular complexity index is 1650. The summed E-state index contributed by atoms with van der Waals surface area (Å²) in [5, 5.41) is 0. The van der Waals surface area contributed by atoms with Crippen molar-refractivity contribution in [2.45, 2.75) is 93.7 Å². The molecule has 4 aromatic rings. The van der Waals surface area contributed by atoms with Gasteiger partial charge in [0.2, 0.25) is 5.91 Å². The van der Waals surface area contributed by atoms with Gasteiger partial charge in [0.25, 0.3) is 0 Å². The third kappa shape index (κ3) is 4.97. The standard InChI is InChI=1S/C39H46N4O2/c1-28-40-35-10-6-7-11-36(35)43(28)33-26-31-14-15-32(27-33)42(31)25-22-38(29-8-4-3-5-9-29)20-23-41(24-21-38)37(44)39(18-19-39)30-12-16-34(45-2)17-13-30/h3-13,16-17,31-33H,14-15,18-27H2,1-2H3/t31-,32+,33?. The van der Waals surface area contributed by atoms with Crippen LogP contribution in [0.25, 0.3) is 11.0 Å². The number of imidazole rings is 1. The number of likely N-dealkylation sites (tertiary alicyclic amines) is 1. The number of methoxy groups -OCH3 is 1. The van der Waals surface area contributed by atoms with Crippen molar-refractivity contribution in [2.24, 2.45) is 0 Å². The number of ether oxygens (including phenoxy) is 1. The van der Waals surface area contributed by atoms with E-state index in [0.717, 1.165) is 74.4 Å². The van der Waals surface area contributed by atoms with Gasteiger partial charge < -0.3 is 14.2 Å². The van der Waals surface area contributed by atoms with Crippen LogP contribution in [-0.4, -0.2) is 64.1 Å². The number of hydrogen-bond acceptors (Lipinski definition) is 4. The molecule has 3 atom stereocenters. The van der Waals surface area contributed by atoms with Gasteiger partial charge in [-0.1, -0.05) is 54.6 Å². The number of rotatable bonds is 8. The first kappa shape index (κ1) is 28.8. The van der Waals surface area contributed by atoms with Gasteiger partial charge in [0, 0.05) is 31.2 Å². The van der Waals surface area contributed by atoms with Crippen molar-refractivity contribution in [3.8, 4) is 5.75 Å². The zero-order valence-corrected chi connectivity index (χ0v) is 26.8. The fraction of sp³-hybridized carbons (Fsp3) is 0.487. The van der Waals surface area contributed by atoms with Gasteiger partial charge in [-0.25, -0.2) is 4.98 Å². The van der Waals surface area contributed by atoms with E-state index in [2.05, 4.69) is 88.0 Å². The van der Waals surface area contributed by atoms with Crippen molar-refractivity contribution in [3.63, 3.8) is 0 Å². The van der Waals surface area contributed by atoms with E-state index < -0.39 is 0 Å². The average Bonchev–Trinajstić information content (AvgIpc) is 3.77. The van der Waals surface area contributed by atoms with Crippen LogP contribution in [0.15, 0.2) is 78.9 Å². The van der Waals surface area contributed by atoms with Crippen LogP contribution in [0.5, 0.6) is 5.75 Å². The maximum absolute atomic E-state index is 14.0. The van der Waals surface area contributed by atoms with Crippen molar-refractivity contribution < 1.29 is 9.53 Å². The van der Waals surface area contributed by atoms with Crippen LogP contribution >= 0.6 is 0 Å². The molecule has 1 aliphatic carbocycles. The SMILES string of the molecule is COc1ccc(C2(C(=O)N3CCC(CCN4[C@@H]5CC[C@H]4CC(n4c(C)nc6ccccc64)C5)(c4ccccc4)CC3)CC2)cc1. The molecule has 1 amide bonds. The molecule has 2 bridgehead atoms. The van der Waals surface area contributed by atoms with Crippen molar-refractivity contribution in [3.05, 3.63) is 95.8 Å². The average molecular weight is 603 g/mol. The van der Waals surface area contributed by atoms with Gasteiger partial charge >= 0.3 is 0 Å². The number of carbonyl (C=O) groups is 1. The molecule has 0 N–H and O–H groups in total. The first-order valence-corrected chi connectivity index (χ1v) is 17.2. The minimum Gasteiger partial charge on any atom is -0.497 e. The number of amides is 1. The van der Waals surface area contributed by atoms with E-state index in [-0.39, 0.29) is 10.8 Å². The Morgan fingerprint density at radius 1 is 0.822 bits per heavy atom. The second-order valence-corrected chi connectivity index (χ2v) is 14.3. The summed E-state index contributed by atoms with van der Waals surface area (Å²) in [5.74, 6) is 2.32. The van der Waals surface area contributed by atoms with Gasteiger partial charge in [-0.3, -0.25) is 9.69 Å². The Morgan fingerprint density at radius 2 is 1.49 bits per heavy atom. The molecule has 1 aromatic heterocycles. The largest absolute Gasteiger partial charge is 0.497 e. The number of benzene rings is 3. The van der Waals surface area contributed by atoms with Gasteiger partial charge in [-0.2, -0.15) is 0 Å². The van der Waals surface area contributed by atoms with E-state index >= 15 is 0 Å². The summed E-state index contributed by atoms with van der Waals surface area (Å²) < 4.78 is 7.90. The summed E-state index contributed by atoms with van der Waals surface area (Å²) in [6.07, 6.45) is 10.2. The molecular formula is C39H46N4O2. The molecule has 4 aliphatic rings. The minimum atomic E-state index is -0.332. The topological polar surface area (TPSA) is 50.6 Å². The normalized spacial score (nSPS) is 25.4. The number of nitrogens with zero attached hydrogens (tertiary/aromatic N) is 4. The summed E-state index contributed by atoms with van der Waals surface area (Å²) in [7, 11) is 1.69. The molecule has 0 spiro atoms. The predicted molar refractivity (Wildman–Crippen MR) is 179 cm³/mol. The third-order valence-corrected chi connectivity index (χ3v) is 12.0. The molecule has 3 aliphatic heterocycles. The Kier molecular flexibility index (Phi) is 7.24. The summed E-state index contributed by atoms with van der Waals surface area (Å²) in [5.41, 5.74) is 4.79. The molecule has 8 rings (SSSR count). The lowest BCUT2D eigenvalue weighted by Gasteiger charge is -2.46. The lowest BCUT2D eigenvalue weighted by atomic mass is 9.70. The number of fused-ring (bicyclic) bond motifs is 3. The zero-order chi connectivity index (χ0) is 30.6. The quantitative estimate of drug-likeness (QED) is 0.214. The van der Waals surface area contributed by atoms with Crippen LogP contribution in [0.4, 0.5) is 0 Å². The van der Waals surface area contributed by atoms with Crippen molar-refractivity contribution in [1.82, 2.24) is 19.4 Å². The second kappa shape index (κ2) is 11.3. The highest BCUT2D eigenvalue weighted by molar-refractivity contribution is 5.91. The molecule has 3 saturated heterocycles. The van der Waals surface area contributed by atoms with E-state index in [1.807, 2.05) is 12.1 Å². The molecule has 4 fully saturated rings. The summed E-state index contributed by atoms with van der Waals surface area (Å²) in [6, 6.07) is 29.8. The van der Waals surface area contributed by atoms with Crippen LogP contribution in [0.2, 0.25) is 0 Å². The van der Waals surface area contributed by atoms with Gasteiger partial charge in [0.15, 0.2) is 0 Å². The number of aromatic nitrogens is 2. The second-order valence-electron chi connectivity index (χ2n) is 14.3. The molecule has 3 aromatic carbocycles. The van der Waals surface area contributed by atoms with E-state index in [1.165, 1.54) is 36.8 Å². The smallest absolute Gasteiger partial charge is 0.233 e. The maximum Gasteiger partial charge on any atom is 0.233 e. The molecule has 234 valence electrons. The van der Waals surface area contributed by atoms with Crippen LogP contribution in [0.3, 0.4) is 0 Å². The lowest BCUT2D eigenvalue weighted by Crippen LogP contribution is -2.50. The fourth-order valence-corrected chi connectivity index (χ4v) is 9.37. The number of aryl methyl sites for hydroxylation is 1. The first-order valence-electron chi connectivity index (χ1n) is 17.2. The monoisotopic (exact) mass is 602 g/mol. The van der Waals surface area contributed by atoms with E-state index in [0.29, 0.717) is 24.0 Å². The molecule has 1 saturated carbocycles. The van der Waals surface area contributed by atoms with Gasteiger partial charge in [0.05, 0.1) is 23.6 Å². The van der Waals surface area contributed by atoms with E-state index in [4.69, 9.17) is 9.72 Å². The maximum atomic E-state index is 14.0. The van der Waals surface area contributed by atoms with E-state index in [1.54, 1.807) is 7.11 Å². The third-order valence-electron chi connectivity index (χ3n) is 12.0. The molecule has 4 heterocycles. The highest BCUT2D eigenvalue weighted by Crippen LogP contribution is 2.51. The Balaban J connectivity index is 0.967. The molecule has 6 heteroatoms. The minimum absolute atomic E-state index is 0.113. The summed E-state index contributed by atoms with van der Waals surface area (Å²) in [4.78, 5) is 24.0. The highest BCUT2D eigenvalue weighted by atomic mass is 16.5. The van der Waals surface area contributed by atoms with Crippen LogP contribution < -0.4 is 4.74 Å². The van der Waals surface area contributed by atoms with Crippen LogP contribution in [-0.2, 0) is 15.6 Å². The molecular weight excluding hydrogens is 556 g/mol. The highest BCUT2D eigenvalue weighted by Gasteiger charge is 2.54. The molecule has 45 heavy (non-hydrogen) atoms. The van der Waals surface area contributed by atoms with Gasteiger partial charge in [-0.05, 0) is 112 Å². The van der Waals surface area contributed by atoms with Crippen molar-refractivity contribution in [1.29, 1.82) is 0 Å². The van der Waals surface area contributed by atoms with E-state index in [9.17, 15) is 4.79 Å². The number of carbonyl (C=O) groups excluding carboxylic acids is 1. The first-order chi connectivity index (χ1) is 22.0. The summed E-state index contributed by atoms with van der Waals surface area (Å²) >= 11 is 0. The molecule has 0 radical (unpaired) electrons. The molecule has 1 unspecified atom stereocenters.